The molecule has 1 fully saturated rings. The Hall–Kier alpha value is -3.28. The number of carbonyl (C=O) groups excluding carboxylic acids is 1. The lowest BCUT2D eigenvalue weighted by Crippen LogP contribution is -2.44. The van der Waals surface area contributed by atoms with E-state index in [1.807, 2.05) is 32.0 Å². The molecule has 0 radical (unpaired) electrons. The predicted octanol–water partition coefficient (Wildman–Crippen LogP) is 5.22. The van der Waals surface area contributed by atoms with Gasteiger partial charge in [0, 0.05) is 25.2 Å². The number of hydrogen-bond donors (Lipinski definition) is 0. The van der Waals surface area contributed by atoms with E-state index in [4.69, 9.17) is 4.98 Å². The molecular formula is C27H26F2N4O3S2. The van der Waals surface area contributed by atoms with E-state index in [2.05, 4.69) is 11.1 Å². The van der Waals surface area contributed by atoms with Crippen molar-refractivity contribution in [3.63, 3.8) is 0 Å². The van der Waals surface area contributed by atoms with Crippen LogP contribution in [0.5, 0.6) is 0 Å². The lowest BCUT2D eigenvalue weighted by atomic mass is 9.96. The van der Waals surface area contributed by atoms with Crippen molar-refractivity contribution < 1.29 is 22.0 Å². The first kappa shape index (κ1) is 26.3. The van der Waals surface area contributed by atoms with Gasteiger partial charge in [0.1, 0.15) is 16.5 Å². The minimum Gasteiger partial charge on any atom is -0.282 e. The molecule has 2 aromatic heterocycles. The van der Waals surface area contributed by atoms with E-state index in [9.17, 15) is 22.0 Å². The summed E-state index contributed by atoms with van der Waals surface area (Å²) in [6.07, 6.45) is 2.16. The summed E-state index contributed by atoms with van der Waals surface area (Å²) in [6.45, 7) is 4.28. The second-order valence-corrected chi connectivity index (χ2v) is 12.3. The Labute approximate surface area is 223 Å². The zero-order chi connectivity index (χ0) is 27.0. The molecule has 198 valence electrons. The zero-order valence-corrected chi connectivity index (χ0v) is 22.5. The third-order valence-electron chi connectivity index (χ3n) is 6.67. The van der Waals surface area contributed by atoms with Crippen molar-refractivity contribution in [2.45, 2.75) is 38.1 Å². The fraction of sp³-hybridized carbons (Fsp3) is 0.296. The second-order valence-electron chi connectivity index (χ2n) is 9.43. The van der Waals surface area contributed by atoms with Crippen LogP contribution in [0.2, 0.25) is 0 Å². The minimum atomic E-state index is -4.24. The van der Waals surface area contributed by atoms with Gasteiger partial charge in [-0.15, -0.1) is 0 Å². The maximum atomic E-state index is 14.2. The lowest BCUT2D eigenvalue weighted by Gasteiger charge is -2.33. The molecule has 3 heterocycles. The third-order valence-corrected chi connectivity index (χ3v) is 9.81. The Kier molecular flexibility index (Phi) is 7.26. The normalized spacial score (nSPS) is 15.2. The number of pyridine rings is 1. The van der Waals surface area contributed by atoms with E-state index >= 15 is 0 Å². The molecule has 1 amide bonds. The monoisotopic (exact) mass is 556 g/mol. The summed E-state index contributed by atoms with van der Waals surface area (Å²) in [6, 6.07) is 11.9. The van der Waals surface area contributed by atoms with Crippen LogP contribution in [0.1, 0.15) is 29.7 Å². The van der Waals surface area contributed by atoms with Gasteiger partial charge in [-0.05, 0) is 74.2 Å². The molecule has 1 aliphatic rings. The summed E-state index contributed by atoms with van der Waals surface area (Å²) >= 11 is 1.44. The van der Waals surface area contributed by atoms with Crippen LogP contribution in [0, 0.1) is 31.4 Å². The number of thiazole rings is 1. The van der Waals surface area contributed by atoms with E-state index in [1.165, 1.54) is 11.3 Å². The quantitative estimate of drug-likeness (QED) is 0.325. The Morgan fingerprint density at radius 2 is 1.87 bits per heavy atom. The number of amides is 1. The van der Waals surface area contributed by atoms with Crippen LogP contribution >= 0.6 is 11.3 Å². The molecule has 0 bridgehead atoms. The number of aromatic nitrogens is 2. The molecule has 0 spiro atoms. The highest BCUT2D eigenvalue weighted by Crippen LogP contribution is 2.35. The summed E-state index contributed by atoms with van der Waals surface area (Å²) in [5.41, 5.74) is 3.68. The van der Waals surface area contributed by atoms with Gasteiger partial charge in [0.05, 0.1) is 22.5 Å². The standard InChI is InChI=1S/C27H26F2N4O3S2/c1-17-13-18(2)25-23(14-17)31-27(37-25)33(16-21-5-3-4-10-30-21)26(34)19-8-11-32(12-9-19)38(35,36)24-15-20(28)6-7-22(24)29/h3-7,10,13-15,19H,8-9,11-12,16H2,1-2H3. The van der Waals surface area contributed by atoms with Crippen LogP contribution in [0.4, 0.5) is 13.9 Å². The summed E-state index contributed by atoms with van der Waals surface area (Å²) in [5.74, 6) is -2.47. The summed E-state index contributed by atoms with van der Waals surface area (Å²) < 4.78 is 56.0. The van der Waals surface area contributed by atoms with Gasteiger partial charge in [0.2, 0.25) is 15.9 Å². The molecule has 1 saturated heterocycles. The Balaban J connectivity index is 1.40. The molecule has 2 aromatic carbocycles. The largest absolute Gasteiger partial charge is 0.282 e. The fourth-order valence-corrected chi connectivity index (χ4v) is 7.32. The van der Waals surface area contributed by atoms with Crippen molar-refractivity contribution in [2.24, 2.45) is 5.92 Å². The van der Waals surface area contributed by atoms with E-state index in [1.54, 1.807) is 17.2 Å². The number of aryl methyl sites for hydroxylation is 2. The van der Waals surface area contributed by atoms with Crippen LogP contribution in [0.25, 0.3) is 10.2 Å². The minimum absolute atomic E-state index is 0.0181. The maximum absolute atomic E-state index is 14.2. The topological polar surface area (TPSA) is 83.5 Å². The first-order valence-corrected chi connectivity index (χ1v) is 14.4. The van der Waals surface area contributed by atoms with Gasteiger partial charge in [-0.1, -0.05) is 23.5 Å². The number of halogens is 2. The molecule has 0 unspecified atom stereocenters. The number of carbonyl (C=O) groups is 1. The van der Waals surface area contributed by atoms with Crippen molar-refractivity contribution in [1.82, 2.24) is 14.3 Å². The van der Waals surface area contributed by atoms with Crippen LogP contribution in [0.3, 0.4) is 0 Å². The highest BCUT2D eigenvalue weighted by atomic mass is 32.2. The Morgan fingerprint density at radius 1 is 1.11 bits per heavy atom. The molecule has 4 aromatic rings. The highest BCUT2D eigenvalue weighted by Gasteiger charge is 2.36. The molecule has 0 saturated carbocycles. The maximum Gasteiger partial charge on any atom is 0.246 e. The molecule has 5 rings (SSSR count). The van der Waals surface area contributed by atoms with Gasteiger partial charge in [-0.2, -0.15) is 4.31 Å². The summed E-state index contributed by atoms with van der Waals surface area (Å²) in [7, 11) is -4.24. The molecule has 0 N–H and O–H groups in total. The molecule has 0 atom stereocenters. The van der Waals surface area contributed by atoms with Crippen molar-refractivity contribution in [1.29, 1.82) is 0 Å². The zero-order valence-electron chi connectivity index (χ0n) is 20.9. The Morgan fingerprint density at radius 3 is 2.58 bits per heavy atom. The average Bonchev–Trinajstić information content (AvgIpc) is 3.33. The van der Waals surface area contributed by atoms with Gasteiger partial charge in [-0.3, -0.25) is 14.7 Å². The number of piperidine rings is 1. The number of sulfonamides is 1. The van der Waals surface area contributed by atoms with Gasteiger partial charge in [0.15, 0.2) is 5.13 Å². The number of benzene rings is 2. The number of hydrogen-bond acceptors (Lipinski definition) is 6. The second kappa shape index (κ2) is 10.5. The van der Waals surface area contributed by atoms with Gasteiger partial charge >= 0.3 is 0 Å². The first-order chi connectivity index (χ1) is 18.1. The summed E-state index contributed by atoms with van der Waals surface area (Å²) in [5, 5.41) is 0.557. The van der Waals surface area contributed by atoms with E-state index in [0.717, 1.165) is 37.8 Å². The third kappa shape index (κ3) is 5.18. The number of anilines is 1. The van der Waals surface area contributed by atoms with E-state index in [-0.39, 0.29) is 38.4 Å². The van der Waals surface area contributed by atoms with Crippen LogP contribution < -0.4 is 4.90 Å². The average molecular weight is 557 g/mol. The van der Waals surface area contributed by atoms with Crippen molar-refractivity contribution in [3.05, 3.63) is 83.2 Å². The molecular weight excluding hydrogens is 530 g/mol. The molecule has 0 aliphatic carbocycles. The molecule has 7 nitrogen and oxygen atoms in total. The van der Waals surface area contributed by atoms with E-state index in [0.29, 0.717) is 16.9 Å². The number of rotatable bonds is 6. The predicted molar refractivity (Wildman–Crippen MR) is 142 cm³/mol. The molecule has 11 heteroatoms. The van der Waals surface area contributed by atoms with Gasteiger partial charge in [-0.25, -0.2) is 22.2 Å². The highest BCUT2D eigenvalue weighted by molar-refractivity contribution is 7.89. The molecule has 1 aliphatic heterocycles. The van der Waals surface area contributed by atoms with Crippen LogP contribution in [-0.2, 0) is 21.4 Å². The summed E-state index contributed by atoms with van der Waals surface area (Å²) in [4.78, 5) is 23.9. The first-order valence-electron chi connectivity index (χ1n) is 12.2. The van der Waals surface area contributed by atoms with Gasteiger partial charge in [0.25, 0.3) is 0 Å². The van der Waals surface area contributed by atoms with Crippen LogP contribution in [0.15, 0.2) is 59.6 Å². The fourth-order valence-electron chi connectivity index (χ4n) is 4.75. The van der Waals surface area contributed by atoms with Crippen molar-refractivity contribution in [2.75, 3.05) is 18.0 Å². The lowest BCUT2D eigenvalue weighted by molar-refractivity contribution is -0.123. The smallest absolute Gasteiger partial charge is 0.246 e. The van der Waals surface area contributed by atoms with E-state index < -0.39 is 32.5 Å². The SMILES string of the molecule is Cc1cc(C)c2sc(N(Cc3ccccn3)C(=O)C3CCN(S(=O)(=O)c4cc(F)ccc4F)CC3)nc2c1. The molecule has 38 heavy (non-hydrogen) atoms. The Bertz CT molecular complexity index is 1600. The van der Waals surface area contributed by atoms with Crippen LogP contribution in [-0.4, -0.2) is 41.7 Å². The van der Waals surface area contributed by atoms with Crippen molar-refractivity contribution >= 4 is 42.6 Å². The number of fused-ring (bicyclic) bond motifs is 1. The van der Waals surface area contributed by atoms with Gasteiger partial charge < -0.3 is 0 Å². The number of nitrogens with zero attached hydrogens (tertiary/aromatic N) is 4. The van der Waals surface area contributed by atoms with Crippen molar-refractivity contribution in [3.8, 4) is 0 Å².